The molecule has 102 valence electrons. The van der Waals surface area contributed by atoms with Gasteiger partial charge in [-0.2, -0.15) is 0 Å². The Kier molecular flexibility index (Phi) is 3.72. The van der Waals surface area contributed by atoms with E-state index in [9.17, 15) is 14.7 Å². The molecule has 2 rings (SSSR count). The normalized spacial score (nSPS) is 32.9. The van der Waals surface area contributed by atoms with Crippen molar-refractivity contribution in [1.82, 2.24) is 10.6 Å². The maximum absolute atomic E-state index is 11.6. The number of fused-ring (bicyclic) bond motifs is 2. The molecule has 0 aromatic heterocycles. The van der Waals surface area contributed by atoms with E-state index in [-0.39, 0.29) is 18.2 Å². The van der Waals surface area contributed by atoms with Gasteiger partial charge in [-0.05, 0) is 26.2 Å². The molecular weight excluding hydrogens is 240 g/mol. The van der Waals surface area contributed by atoms with Crippen LogP contribution in [0.3, 0.4) is 0 Å². The van der Waals surface area contributed by atoms with Crippen LogP contribution in [0.1, 0.15) is 26.2 Å². The number of nitrogens with one attached hydrogen (secondary N) is 2. The summed E-state index contributed by atoms with van der Waals surface area (Å²) < 4.78 is 5.58. The minimum Gasteiger partial charge on any atom is -0.480 e. The monoisotopic (exact) mass is 258 g/mol. The van der Waals surface area contributed by atoms with Crippen molar-refractivity contribution in [3.05, 3.63) is 0 Å². The Morgan fingerprint density at radius 3 is 2.56 bits per heavy atom. The number of hydrogen-bond acceptors (Lipinski definition) is 4. The van der Waals surface area contributed by atoms with Crippen molar-refractivity contribution in [1.29, 1.82) is 0 Å². The van der Waals surface area contributed by atoms with Crippen LogP contribution in [0.4, 0.5) is 4.79 Å². The van der Waals surface area contributed by atoms with Crippen LogP contribution in [0.25, 0.3) is 0 Å². The second-order valence-corrected chi connectivity index (χ2v) is 4.89. The minimum absolute atomic E-state index is 0.0376. The molecule has 5 atom stereocenters. The Morgan fingerprint density at radius 2 is 2.11 bits per heavy atom. The third-order valence-corrected chi connectivity index (χ3v) is 3.46. The number of aliphatic hydroxyl groups excluding tert-OH is 1. The highest BCUT2D eigenvalue weighted by Crippen LogP contribution is 2.34. The first-order valence-corrected chi connectivity index (χ1v) is 6.10. The number of carboxylic acid groups (broad SMARTS) is 1. The predicted octanol–water partition coefficient (Wildman–Crippen LogP) is -0.560. The molecule has 5 unspecified atom stereocenters. The lowest BCUT2D eigenvalue weighted by Gasteiger charge is -2.23. The number of amides is 2. The maximum atomic E-state index is 11.6. The fourth-order valence-corrected chi connectivity index (χ4v) is 2.53. The van der Waals surface area contributed by atoms with Crippen molar-refractivity contribution >= 4 is 12.0 Å². The molecule has 0 radical (unpaired) electrons. The number of carbonyl (C=O) groups excluding carboxylic acids is 1. The highest BCUT2D eigenvalue weighted by atomic mass is 16.5. The average molecular weight is 258 g/mol. The van der Waals surface area contributed by atoms with Gasteiger partial charge in [0.25, 0.3) is 0 Å². The first kappa shape index (κ1) is 13.1. The van der Waals surface area contributed by atoms with Crippen LogP contribution in [-0.2, 0) is 9.53 Å². The van der Waals surface area contributed by atoms with Crippen LogP contribution >= 0.6 is 0 Å². The van der Waals surface area contributed by atoms with Crippen molar-refractivity contribution in [2.45, 2.75) is 56.6 Å². The van der Waals surface area contributed by atoms with Crippen LogP contribution in [0.15, 0.2) is 0 Å². The summed E-state index contributed by atoms with van der Waals surface area (Å²) in [5, 5.41) is 23.0. The van der Waals surface area contributed by atoms with Crippen molar-refractivity contribution in [2.75, 3.05) is 0 Å². The van der Waals surface area contributed by atoms with E-state index >= 15 is 0 Å². The van der Waals surface area contributed by atoms with E-state index in [0.29, 0.717) is 0 Å². The lowest BCUT2D eigenvalue weighted by atomic mass is 9.96. The molecule has 0 saturated carbocycles. The molecule has 2 bridgehead atoms. The summed E-state index contributed by atoms with van der Waals surface area (Å²) >= 11 is 0. The quantitative estimate of drug-likeness (QED) is 0.540. The van der Waals surface area contributed by atoms with E-state index in [0.717, 1.165) is 19.3 Å². The second-order valence-electron chi connectivity index (χ2n) is 4.89. The summed E-state index contributed by atoms with van der Waals surface area (Å²) in [6.07, 6.45) is 1.82. The fourth-order valence-electron chi connectivity index (χ4n) is 2.53. The molecule has 0 spiro atoms. The number of hydrogen-bond donors (Lipinski definition) is 4. The summed E-state index contributed by atoms with van der Waals surface area (Å²) in [5.41, 5.74) is 0. The third-order valence-electron chi connectivity index (χ3n) is 3.46. The number of ether oxygens (including phenoxy) is 1. The Morgan fingerprint density at radius 1 is 1.39 bits per heavy atom. The van der Waals surface area contributed by atoms with Gasteiger partial charge >= 0.3 is 12.0 Å². The molecule has 7 heteroatoms. The van der Waals surface area contributed by atoms with Crippen LogP contribution in [0.5, 0.6) is 0 Å². The summed E-state index contributed by atoms with van der Waals surface area (Å²) in [6.45, 7) is 1.32. The van der Waals surface area contributed by atoms with Gasteiger partial charge in [-0.15, -0.1) is 0 Å². The molecule has 18 heavy (non-hydrogen) atoms. The lowest BCUT2D eigenvalue weighted by molar-refractivity contribution is -0.141. The van der Waals surface area contributed by atoms with E-state index in [1.807, 2.05) is 0 Å². The molecule has 0 aliphatic carbocycles. The standard InChI is InChI=1S/C11H18N2O5/c1-5(14)9(10(15)16)13-11(17)12-7-4-6-2-3-8(7)18-6/h5-9,14H,2-4H2,1H3,(H,15,16)(H2,12,13,17). The third kappa shape index (κ3) is 2.73. The number of carboxylic acids is 1. The molecule has 4 N–H and O–H groups in total. The van der Waals surface area contributed by atoms with E-state index in [2.05, 4.69) is 10.6 Å². The van der Waals surface area contributed by atoms with Crippen molar-refractivity contribution < 1.29 is 24.5 Å². The zero-order valence-corrected chi connectivity index (χ0v) is 10.1. The number of carbonyl (C=O) groups is 2. The summed E-state index contributed by atoms with van der Waals surface area (Å²) in [7, 11) is 0. The second kappa shape index (κ2) is 5.11. The van der Waals surface area contributed by atoms with Crippen molar-refractivity contribution in [3.8, 4) is 0 Å². The lowest BCUT2D eigenvalue weighted by Crippen LogP contribution is -2.54. The van der Waals surface area contributed by atoms with Gasteiger partial charge in [-0.1, -0.05) is 0 Å². The smallest absolute Gasteiger partial charge is 0.328 e. The molecule has 2 heterocycles. The summed E-state index contributed by atoms with van der Waals surface area (Å²) in [5.74, 6) is -1.26. The van der Waals surface area contributed by atoms with Gasteiger partial charge in [0.1, 0.15) is 0 Å². The summed E-state index contributed by atoms with van der Waals surface area (Å²) in [6, 6.07) is -1.94. The Bertz CT molecular complexity index is 346. The van der Waals surface area contributed by atoms with Gasteiger partial charge in [0.05, 0.1) is 24.4 Å². The molecule has 2 saturated heterocycles. The molecule has 2 aliphatic rings. The number of urea groups is 1. The zero-order chi connectivity index (χ0) is 13.3. The minimum atomic E-state index is -1.30. The van der Waals surface area contributed by atoms with Gasteiger partial charge in [0.15, 0.2) is 6.04 Å². The first-order valence-electron chi connectivity index (χ1n) is 6.10. The SMILES string of the molecule is CC(O)C(NC(=O)NC1CC2CCC1O2)C(=O)O. The Hall–Kier alpha value is -1.34. The number of rotatable bonds is 4. The predicted molar refractivity (Wildman–Crippen MR) is 61.1 cm³/mol. The highest BCUT2D eigenvalue weighted by molar-refractivity contribution is 5.83. The Labute approximate surface area is 105 Å². The fraction of sp³-hybridized carbons (Fsp3) is 0.818. The van der Waals surface area contributed by atoms with Gasteiger partial charge in [-0.25, -0.2) is 9.59 Å². The highest BCUT2D eigenvalue weighted by Gasteiger charge is 2.41. The first-order chi connectivity index (χ1) is 8.47. The van der Waals surface area contributed by atoms with Gasteiger partial charge < -0.3 is 25.6 Å². The van der Waals surface area contributed by atoms with E-state index in [1.165, 1.54) is 6.92 Å². The topological polar surface area (TPSA) is 108 Å². The van der Waals surface area contributed by atoms with E-state index < -0.39 is 24.1 Å². The molecular formula is C11H18N2O5. The van der Waals surface area contributed by atoms with Gasteiger partial charge in [0, 0.05) is 0 Å². The molecule has 2 fully saturated rings. The molecule has 0 aromatic carbocycles. The Balaban J connectivity index is 1.83. The van der Waals surface area contributed by atoms with Crippen LogP contribution in [0.2, 0.25) is 0 Å². The van der Waals surface area contributed by atoms with Gasteiger partial charge in [0.2, 0.25) is 0 Å². The zero-order valence-electron chi connectivity index (χ0n) is 10.1. The largest absolute Gasteiger partial charge is 0.480 e. The van der Waals surface area contributed by atoms with Gasteiger partial charge in [-0.3, -0.25) is 0 Å². The van der Waals surface area contributed by atoms with Crippen LogP contribution in [-0.4, -0.2) is 52.6 Å². The molecule has 0 aromatic rings. The summed E-state index contributed by atoms with van der Waals surface area (Å²) in [4.78, 5) is 22.5. The van der Waals surface area contributed by atoms with Crippen LogP contribution in [0, 0.1) is 0 Å². The number of aliphatic carboxylic acids is 1. The molecule has 2 amide bonds. The van der Waals surface area contributed by atoms with Crippen molar-refractivity contribution in [2.24, 2.45) is 0 Å². The van der Waals surface area contributed by atoms with E-state index in [4.69, 9.17) is 9.84 Å². The van der Waals surface area contributed by atoms with E-state index in [1.54, 1.807) is 0 Å². The molecule has 2 aliphatic heterocycles. The number of aliphatic hydroxyl groups is 1. The van der Waals surface area contributed by atoms with Crippen molar-refractivity contribution in [3.63, 3.8) is 0 Å². The van der Waals surface area contributed by atoms with Crippen LogP contribution < -0.4 is 10.6 Å². The molecule has 7 nitrogen and oxygen atoms in total. The average Bonchev–Trinajstić information content (AvgIpc) is 2.86. The maximum Gasteiger partial charge on any atom is 0.328 e.